The fourth-order valence-electron chi connectivity index (χ4n) is 2.24. The van der Waals surface area contributed by atoms with Crippen LogP contribution >= 0.6 is 0 Å². The molecule has 2 aromatic rings. The average Bonchev–Trinajstić information content (AvgIpc) is 2.48. The summed E-state index contributed by atoms with van der Waals surface area (Å²) in [6.07, 6.45) is 1.70. The van der Waals surface area contributed by atoms with E-state index in [0.717, 1.165) is 11.1 Å². The number of rotatable bonds is 5. The van der Waals surface area contributed by atoms with E-state index in [2.05, 4.69) is 10.5 Å². The van der Waals surface area contributed by atoms with E-state index in [-0.39, 0.29) is 29.7 Å². The fraction of sp³-hybridized carbons (Fsp3) is 0.222. The van der Waals surface area contributed by atoms with Gasteiger partial charge in [0.15, 0.2) is 0 Å². The molecular formula is C18H20N2O3. The molecule has 2 aromatic carbocycles. The van der Waals surface area contributed by atoms with Crippen molar-refractivity contribution in [1.82, 2.24) is 5.43 Å². The van der Waals surface area contributed by atoms with Gasteiger partial charge in [-0.15, -0.1) is 0 Å². The minimum atomic E-state index is -0.267. The summed E-state index contributed by atoms with van der Waals surface area (Å²) >= 11 is 0. The zero-order valence-corrected chi connectivity index (χ0v) is 13.2. The largest absolute Gasteiger partial charge is 0.508 e. The van der Waals surface area contributed by atoms with E-state index in [1.165, 1.54) is 0 Å². The Labute approximate surface area is 135 Å². The molecule has 1 amide bonds. The van der Waals surface area contributed by atoms with Gasteiger partial charge in [-0.2, -0.15) is 5.10 Å². The number of hydrazone groups is 1. The average molecular weight is 312 g/mol. The highest BCUT2D eigenvalue weighted by atomic mass is 16.3. The van der Waals surface area contributed by atoms with Crippen LogP contribution in [0.5, 0.6) is 11.5 Å². The van der Waals surface area contributed by atoms with Crippen LogP contribution in [0.4, 0.5) is 0 Å². The molecule has 0 heterocycles. The number of hydrogen-bond donors (Lipinski definition) is 3. The second-order valence-corrected chi connectivity index (χ2v) is 5.61. The molecule has 0 saturated heterocycles. The number of aromatic hydroxyl groups is 2. The van der Waals surface area contributed by atoms with Gasteiger partial charge in [0.25, 0.3) is 0 Å². The van der Waals surface area contributed by atoms with Gasteiger partial charge in [0.1, 0.15) is 11.5 Å². The van der Waals surface area contributed by atoms with E-state index < -0.39 is 0 Å². The van der Waals surface area contributed by atoms with Crippen LogP contribution in [0.15, 0.2) is 47.6 Å². The number of nitrogens with zero attached hydrogens (tertiary/aromatic N) is 1. The quantitative estimate of drug-likeness (QED) is 0.586. The van der Waals surface area contributed by atoms with Crippen LogP contribution in [0.1, 0.15) is 36.5 Å². The van der Waals surface area contributed by atoms with Gasteiger partial charge in [-0.3, -0.25) is 4.79 Å². The summed E-state index contributed by atoms with van der Waals surface area (Å²) < 4.78 is 0. The molecule has 23 heavy (non-hydrogen) atoms. The van der Waals surface area contributed by atoms with Crippen LogP contribution in [0, 0.1) is 0 Å². The Morgan fingerprint density at radius 1 is 1.17 bits per heavy atom. The minimum Gasteiger partial charge on any atom is -0.508 e. The molecule has 0 radical (unpaired) electrons. The first-order valence-corrected chi connectivity index (χ1v) is 7.38. The molecule has 120 valence electrons. The lowest BCUT2D eigenvalue weighted by Gasteiger charge is -2.09. The number of carbonyl (C=O) groups is 1. The summed E-state index contributed by atoms with van der Waals surface area (Å²) in [4.78, 5) is 11.8. The molecule has 0 bridgehead atoms. The first-order valence-electron chi connectivity index (χ1n) is 7.38. The summed E-state index contributed by atoms with van der Waals surface area (Å²) in [5.74, 6) is 0.298. The first-order chi connectivity index (χ1) is 11.0. The lowest BCUT2D eigenvalue weighted by Crippen LogP contribution is -2.19. The lowest BCUT2D eigenvalue weighted by molar-refractivity contribution is -0.120. The maximum atomic E-state index is 11.8. The summed E-state index contributed by atoms with van der Waals surface area (Å²) in [6, 6.07) is 11.6. The molecule has 2 rings (SSSR count). The van der Waals surface area contributed by atoms with Crippen molar-refractivity contribution in [2.24, 2.45) is 5.10 Å². The molecule has 0 spiro atoms. The van der Waals surface area contributed by atoms with Crippen LogP contribution in [0.25, 0.3) is 0 Å². The standard InChI is InChI=1S/C18H20N2O3/c1-12(2)17-10-16(22)7-6-14(17)11-19-20-18(23)9-13-4-3-5-15(21)8-13/h3-8,10-12,21-22H,9H2,1-2H3,(H,20,23)/b19-11+. The van der Waals surface area contributed by atoms with Crippen molar-refractivity contribution in [2.75, 3.05) is 0 Å². The Morgan fingerprint density at radius 3 is 2.61 bits per heavy atom. The van der Waals surface area contributed by atoms with Crippen molar-refractivity contribution >= 4 is 12.1 Å². The van der Waals surface area contributed by atoms with Gasteiger partial charge in [0.2, 0.25) is 5.91 Å². The number of hydrogen-bond acceptors (Lipinski definition) is 4. The SMILES string of the molecule is CC(C)c1cc(O)ccc1/C=N/NC(=O)Cc1cccc(O)c1. The third kappa shape index (κ3) is 4.85. The molecule has 0 atom stereocenters. The normalized spacial score (nSPS) is 11.1. The van der Waals surface area contributed by atoms with Crippen molar-refractivity contribution < 1.29 is 15.0 Å². The van der Waals surface area contributed by atoms with E-state index in [1.54, 1.807) is 48.7 Å². The minimum absolute atomic E-state index is 0.129. The molecule has 5 nitrogen and oxygen atoms in total. The highest BCUT2D eigenvalue weighted by Gasteiger charge is 2.07. The number of phenols is 2. The molecule has 0 aliphatic rings. The Bertz CT molecular complexity index is 724. The summed E-state index contributed by atoms with van der Waals surface area (Å²) in [7, 11) is 0. The highest BCUT2D eigenvalue weighted by molar-refractivity contribution is 5.85. The molecule has 5 heteroatoms. The third-order valence-corrected chi connectivity index (χ3v) is 3.36. The van der Waals surface area contributed by atoms with Crippen molar-refractivity contribution in [3.8, 4) is 11.5 Å². The summed E-state index contributed by atoms with van der Waals surface area (Å²) in [5, 5.41) is 22.9. The van der Waals surface area contributed by atoms with Gasteiger partial charge in [-0.05, 0) is 52.9 Å². The maximum absolute atomic E-state index is 11.8. The number of benzene rings is 2. The van der Waals surface area contributed by atoms with Crippen molar-refractivity contribution in [1.29, 1.82) is 0 Å². The predicted molar refractivity (Wildman–Crippen MR) is 89.7 cm³/mol. The van der Waals surface area contributed by atoms with Crippen LogP contribution in [0.2, 0.25) is 0 Å². The van der Waals surface area contributed by atoms with Crippen LogP contribution in [-0.4, -0.2) is 22.3 Å². The van der Waals surface area contributed by atoms with Gasteiger partial charge in [-0.1, -0.05) is 26.0 Å². The van der Waals surface area contributed by atoms with Gasteiger partial charge in [0.05, 0.1) is 12.6 Å². The first kappa shape index (κ1) is 16.5. The number of phenolic OH excluding ortho intramolecular Hbond substituents is 2. The Kier molecular flexibility index (Phi) is 5.36. The monoisotopic (exact) mass is 312 g/mol. The molecule has 0 fully saturated rings. The second kappa shape index (κ2) is 7.45. The Hall–Kier alpha value is -2.82. The van der Waals surface area contributed by atoms with Crippen LogP contribution < -0.4 is 5.43 Å². The molecule has 0 aliphatic carbocycles. The lowest BCUT2D eigenvalue weighted by atomic mass is 9.97. The molecule has 0 saturated carbocycles. The second-order valence-electron chi connectivity index (χ2n) is 5.61. The topological polar surface area (TPSA) is 81.9 Å². The van der Waals surface area contributed by atoms with Crippen molar-refractivity contribution in [2.45, 2.75) is 26.2 Å². The molecule has 0 unspecified atom stereocenters. The third-order valence-electron chi connectivity index (χ3n) is 3.36. The van der Waals surface area contributed by atoms with E-state index in [9.17, 15) is 15.0 Å². The molecular weight excluding hydrogens is 292 g/mol. The van der Waals surface area contributed by atoms with E-state index >= 15 is 0 Å². The van der Waals surface area contributed by atoms with E-state index in [1.807, 2.05) is 13.8 Å². The molecule has 0 aliphatic heterocycles. The van der Waals surface area contributed by atoms with E-state index in [0.29, 0.717) is 5.56 Å². The van der Waals surface area contributed by atoms with Crippen molar-refractivity contribution in [3.05, 3.63) is 59.2 Å². The van der Waals surface area contributed by atoms with Crippen molar-refractivity contribution in [3.63, 3.8) is 0 Å². The number of nitrogens with one attached hydrogen (secondary N) is 1. The zero-order chi connectivity index (χ0) is 16.8. The van der Waals surface area contributed by atoms with Gasteiger partial charge in [-0.25, -0.2) is 5.43 Å². The molecule has 3 N–H and O–H groups in total. The fourth-order valence-corrected chi connectivity index (χ4v) is 2.24. The predicted octanol–water partition coefficient (Wildman–Crippen LogP) is 2.91. The Morgan fingerprint density at radius 2 is 1.91 bits per heavy atom. The maximum Gasteiger partial charge on any atom is 0.244 e. The number of carbonyl (C=O) groups excluding carboxylic acids is 1. The smallest absolute Gasteiger partial charge is 0.244 e. The van der Waals surface area contributed by atoms with Crippen LogP contribution in [0.3, 0.4) is 0 Å². The zero-order valence-electron chi connectivity index (χ0n) is 13.2. The van der Waals surface area contributed by atoms with Gasteiger partial charge in [0, 0.05) is 0 Å². The number of amides is 1. The molecule has 0 aromatic heterocycles. The van der Waals surface area contributed by atoms with Gasteiger partial charge >= 0.3 is 0 Å². The summed E-state index contributed by atoms with van der Waals surface area (Å²) in [5.41, 5.74) is 4.98. The Balaban J connectivity index is 2.00. The van der Waals surface area contributed by atoms with Gasteiger partial charge < -0.3 is 10.2 Å². The van der Waals surface area contributed by atoms with Crippen LogP contribution in [-0.2, 0) is 11.2 Å². The van der Waals surface area contributed by atoms with E-state index in [4.69, 9.17) is 0 Å². The summed E-state index contributed by atoms with van der Waals surface area (Å²) in [6.45, 7) is 4.04. The highest BCUT2D eigenvalue weighted by Crippen LogP contribution is 2.22.